The van der Waals surface area contributed by atoms with E-state index in [1.807, 2.05) is 33.9 Å². The Hall–Kier alpha value is -1.62. The van der Waals surface area contributed by atoms with Gasteiger partial charge >= 0.3 is 0 Å². The summed E-state index contributed by atoms with van der Waals surface area (Å²) in [6.45, 7) is 5.50. The smallest absolute Gasteiger partial charge is 0.0849 e. The zero-order valence-electron chi connectivity index (χ0n) is 10.4. The number of hydrogen-bond acceptors (Lipinski definition) is 3. The summed E-state index contributed by atoms with van der Waals surface area (Å²) < 4.78 is 3.87. The highest BCUT2D eigenvalue weighted by atomic mass is 15.3. The van der Waals surface area contributed by atoms with Crippen LogP contribution in [0.15, 0.2) is 24.5 Å². The Bertz CT molecular complexity index is 471. The van der Waals surface area contributed by atoms with Crippen molar-refractivity contribution >= 4 is 0 Å². The van der Waals surface area contributed by atoms with Gasteiger partial charge in [0.2, 0.25) is 0 Å². The lowest BCUT2D eigenvalue weighted by Crippen LogP contribution is -2.07. The van der Waals surface area contributed by atoms with E-state index in [0.29, 0.717) is 19.1 Å². The number of nitrogens with two attached hydrogens (primary N) is 1. The molecule has 0 aliphatic heterocycles. The average molecular weight is 233 g/mol. The molecule has 5 heteroatoms. The molecular weight excluding hydrogens is 214 g/mol. The van der Waals surface area contributed by atoms with Crippen LogP contribution in [0.1, 0.15) is 37.7 Å². The summed E-state index contributed by atoms with van der Waals surface area (Å²) in [6, 6.07) is 4.42. The molecule has 0 bridgehead atoms. The molecule has 2 aromatic heterocycles. The van der Waals surface area contributed by atoms with Crippen LogP contribution in [0.4, 0.5) is 0 Å². The highest BCUT2D eigenvalue weighted by Gasteiger charge is 2.05. The van der Waals surface area contributed by atoms with Crippen LogP contribution in [0.25, 0.3) is 0 Å². The van der Waals surface area contributed by atoms with Crippen LogP contribution < -0.4 is 5.73 Å². The van der Waals surface area contributed by atoms with Gasteiger partial charge in [0.05, 0.1) is 17.9 Å². The second-order valence-corrected chi connectivity index (χ2v) is 4.25. The third-order valence-corrected chi connectivity index (χ3v) is 2.94. The van der Waals surface area contributed by atoms with Gasteiger partial charge in [-0.15, -0.1) is 0 Å². The van der Waals surface area contributed by atoms with Crippen molar-refractivity contribution in [3.8, 4) is 0 Å². The predicted molar refractivity (Wildman–Crippen MR) is 66.4 cm³/mol. The Morgan fingerprint density at radius 2 is 2.00 bits per heavy atom. The maximum atomic E-state index is 5.52. The van der Waals surface area contributed by atoms with Gasteiger partial charge in [-0.25, -0.2) is 0 Å². The van der Waals surface area contributed by atoms with Crippen molar-refractivity contribution in [3.63, 3.8) is 0 Å². The third-order valence-electron chi connectivity index (χ3n) is 2.94. The maximum Gasteiger partial charge on any atom is 0.0849 e. The summed E-state index contributed by atoms with van der Waals surface area (Å²) in [4.78, 5) is 0. The molecule has 17 heavy (non-hydrogen) atoms. The molecule has 0 radical (unpaired) electrons. The molecule has 0 aliphatic carbocycles. The van der Waals surface area contributed by atoms with Gasteiger partial charge in [-0.3, -0.25) is 9.36 Å². The summed E-state index contributed by atoms with van der Waals surface area (Å²) in [5.74, 6) is 0. The monoisotopic (exact) mass is 233 g/mol. The normalized spacial score (nSPS) is 12.9. The lowest BCUT2D eigenvalue weighted by atomic mass is 10.3. The predicted octanol–water partition coefficient (Wildman–Crippen LogP) is 1.56. The Labute approximate surface area is 101 Å². The standard InChI is InChI=1S/C12H19N5/c1-3-10(2)17-7-5-12(15-17)9-16-6-4-11(8-13)14-16/h4-7,10H,3,8-9,13H2,1-2H3. The Morgan fingerprint density at radius 1 is 1.24 bits per heavy atom. The molecular formula is C12H19N5. The van der Waals surface area contributed by atoms with Crippen molar-refractivity contribution in [2.45, 2.75) is 39.4 Å². The van der Waals surface area contributed by atoms with Gasteiger partial charge in [0.15, 0.2) is 0 Å². The lowest BCUT2D eigenvalue weighted by Gasteiger charge is -2.08. The first kappa shape index (κ1) is 11.9. The van der Waals surface area contributed by atoms with Crippen LogP contribution in [0.2, 0.25) is 0 Å². The minimum Gasteiger partial charge on any atom is -0.325 e. The van der Waals surface area contributed by atoms with Crippen LogP contribution >= 0.6 is 0 Å². The van der Waals surface area contributed by atoms with Gasteiger partial charge in [0.1, 0.15) is 0 Å². The molecule has 1 unspecified atom stereocenters. The topological polar surface area (TPSA) is 61.7 Å². The van der Waals surface area contributed by atoms with E-state index in [1.54, 1.807) is 0 Å². The highest BCUT2D eigenvalue weighted by molar-refractivity contribution is 5.03. The third kappa shape index (κ3) is 2.74. The minimum atomic E-state index is 0.445. The fourth-order valence-corrected chi connectivity index (χ4v) is 1.66. The number of aromatic nitrogens is 4. The molecule has 2 aromatic rings. The maximum absolute atomic E-state index is 5.52. The van der Waals surface area contributed by atoms with Crippen molar-refractivity contribution < 1.29 is 0 Å². The first-order valence-corrected chi connectivity index (χ1v) is 5.99. The van der Waals surface area contributed by atoms with Crippen LogP contribution in [-0.4, -0.2) is 19.6 Å². The van der Waals surface area contributed by atoms with Crippen molar-refractivity contribution in [1.82, 2.24) is 19.6 Å². The fourth-order valence-electron chi connectivity index (χ4n) is 1.66. The van der Waals surface area contributed by atoms with Crippen LogP contribution in [-0.2, 0) is 13.1 Å². The van der Waals surface area contributed by atoms with E-state index in [-0.39, 0.29) is 0 Å². The Balaban J connectivity index is 2.06. The Morgan fingerprint density at radius 3 is 2.65 bits per heavy atom. The van der Waals surface area contributed by atoms with E-state index in [1.165, 1.54) is 0 Å². The van der Waals surface area contributed by atoms with Gasteiger partial charge in [0.25, 0.3) is 0 Å². The van der Waals surface area contributed by atoms with E-state index in [4.69, 9.17) is 5.73 Å². The molecule has 1 atom stereocenters. The molecule has 0 saturated heterocycles. The van der Waals surface area contributed by atoms with Crippen molar-refractivity contribution in [1.29, 1.82) is 0 Å². The average Bonchev–Trinajstić information content (AvgIpc) is 2.97. The summed E-state index contributed by atoms with van der Waals surface area (Å²) in [7, 11) is 0. The van der Waals surface area contributed by atoms with E-state index >= 15 is 0 Å². The van der Waals surface area contributed by atoms with Crippen molar-refractivity contribution in [2.24, 2.45) is 5.73 Å². The van der Waals surface area contributed by atoms with Crippen LogP contribution in [0.3, 0.4) is 0 Å². The van der Waals surface area contributed by atoms with Crippen molar-refractivity contribution in [2.75, 3.05) is 0 Å². The quantitative estimate of drug-likeness (QED) is 0.852. The van der Waals surface area contributed by atoms with Gasteiger partial charge in [-0.2, -0.15) is 10.2 Å². The molecule has 5 nitrogen and oxygen atoms in total. The molecule has 0 amide bonds. The molecule has 0 aliphatic rings. The summed E-state index contributed by atoms with van der Waals surface area (Å²) in [6.07, 6.45) is 5.04. The zero-order valence-corrected chi connectivity index (χ0v) is 10.4. The minimum absolute atomic E-state index is 0.445. The van der Waals surface area contributed by atoms with E-state index in [0.717, 1.165) is 17.8 Å². The van der Waals surface area contributed by atoms with Crippen LogP contribution in [0.5, 0.6) is 0 Å². The summed E-state index contributed by atoms with van der Waals surface area (Å²) >= 11 is 0. The molecule has 0 aromatic carbocycles. The van der Waals surface area contributed by atoms with E-state index < -0.39 is 0 Å². The molecule has 2 rings (SSSR count). The van der Waals surface area contributed by atoms with Gasteiger partial charge in [0, 0.05) is 25.0 Å². The van der Waals surface area contributed by atoms with Gasteiger partial charge in [-0.1, -0.05) is 6.92 Å². The number of hydrogen-bond donors (Lipinski definition) is 1. The SMILES string of the molecule is CCC(C)n1ccc(Cn2ccc(CN)n2)n1. The van der Waals surface area contributed by atoms with Gasteiger partial charge < -0.3 is 5.73 Å². The number of rotatable bonds is 5. The second kappa shape index (κ2) is 5.14. The Kier molecular flexibility index (Phi) is 3.58. The van der Waals surface area contributed by atoms with E-state index in [9.17, 15) is 0 Å². The fraction of sp³-hybridized carbons (Fsp3) is 0.500. The van der Waals surface area contributed by atoms with Gasteiger partial charge in [-0.05, 0) is 25.5 Å². The summed E-state index contributed by atoms with van der Waals surface area (Å²) in [5.41, 5.74) is 7.46. The highest BCUT2D eigenvalue weighted by Crippen LogP contribution is 2.09. The lowest BCUT2D eigenvalue weighted by molar-refractivity contribution is 0.471. The first-order chi connectivity index (χ1) is 8.22. The second-order valence-electron chi connectivity index (χ2n) is 4.25. The first-order valence-electron chi connectivity index (χ1n) is 5.99. The molecule has 0 fully saturated rings. The molecule has 0 spiro atoms. The molecule has 92 valence electrons. The molecule has 2 N–H and O–H groups in total. The molecule has 2 heterocycles. The largest absolute Gasteiger partial charge is 0.325 e. The molecule has 0 saturated carbocycles. The summed E-state index contributed by atoms with van der Waals surface area (Å²) in [5, 5.41) is 8.88. The van der Waals surface area contributed by atoms with Crippen LogP contribution in [0, 0.1) is 0 Å². The number of nitrogens with zero attached hydrogens (tertiary/aromatic N) is 4. The van der Waals surface area contributed by atoms with Crippen molar-refractivity contribution in [3.05, 3.63) is 35.9 Å². The van der Waals surface area contributed by atoms with E-state index in [2.05, 4.69) is 24.0 Å². The zero-order chi connectivity index (χ0) is 12.3.